The topological polar surface area (TPSA) is 69.0 Å². The average Bonchev–Trinajstić information content (AvgIpc) is 3.44. The van der Waals surface area contributed by atoms with Gasteiger partial charge in [-0.25, -0.2) is 4.98 Å². The Morgan fingerprint density at radius 3 is 2.74 bits per heavy atom. The third-order valence-corrected chi connectivity index (χ3v) is 7.09. The predicted molar refractivity (Wildman–Crippen MR) is 134 cm³/mol. The molecule has 0 fully saturated rings. The van der Waals surface area contributed by atoms with E-state index in [-0.39, 0.29) is 11.8 Å². The van der Waals surface area contributed by atoms with E-state index < -0.39 is 0 Å². The van der Waals surface area contributed by atoms with Crippen LogP contribution < -0.4 is 10.1 Å². The van der Waals surface area contributed by atoms with Gasteiger partial charge in [0.05, 0.1) is 15.9 Å². The van der Waals surface area contributed by atoms with E-state index in [2.05, 4.69) is 11.4 Å². The molecule has 1 atom stereocenters. The number of aromatic nitrogens is 3. The molecule has 0 spiro atoms. The van der Waals surface area contributed by atoms with E-state index in [1.165, 1.54) is 0 Å². The van der Waals surface area contributed by atoms with E-state index in [0.29, 0.717) is 18.8 Å². The van der Waals surface area contributed by atoms with Gasteiger partial charge in [-0.3, -0.25) is 4.79 Å². The maximum Gasteiger partial charge on any atom is 0.226 e. The lowest BCUT2D eigenvalue weighted by atomic mass is 9.86. The number of nitrogens with one attached hydrogen (secondary N) is 1. The van der Waals surface area contributed by atoms with E-state index in [4.69, 9.17) is 14.8 Å². The van der Waals surface area contributed by atoms with Crippen molar-refractivity contribution in [1.29, 1.82) is 0 Å². The van der Waals surface area contributed by atoms with Crippen LogP contribution >= 0.6 is 11.3 Å². The summed E-state index contributed by atoms with van der Waals surface area (Å²) in [5, 5.41) is 8.58. The van der Waals surface area contributed by atoms with Crippen molar-refractivity contribution in [3.05, 3.63) is 101 Å². The van der Waals surface area contributed by atoms with Crippen LogP contribution in [0, 0.1) is 6.92 Å². The molecule has 0 aliphatic carbocycles. The van der Waals surface area contributed by atoms with Crippen molar-refractivity contribution in [2.75, 3.05) is 5.32 Å². The van der Waals surface area contributed by atoms with Crippen molar-refractivity contribution < 1.29 is 9.53 Å². The number of hydrogen-bond acceptors (Lipinski definition) is 5. The monoisotopic (exact) mass is 466 g/mol. The standard InChI is InChI=1S/C27H22N4O2S/c1-17-25-21(19-10-7-11-20(14-19)33-16-18-8-3-2-4-9-18)15-24(32)29-26(25)31(30-17)27-28-22-12-5-6-13-23(22)34-27/h2-14,21H,15-16H2,1H3,(H,29,32). The molecule has 3 aromatic carbocycles. The lowest BCUT2D eigenvalue weighted by molar-refractivity contribution is -0.116. The molecule has 34 heavy (non-hydrogen) atoms. The van der Waals surface area contributed by atoms with Crippen molar-refractivity contribution in [2.24, 2.45) is 0 Å². The first-order chi connectivity index (χ1) is 16.7. The molecule has 1 N–H and O–H groups in total. The van der Waals surface area contributed by atoms with Crippen molar-refractivity contribution in [2.45, 2.75) is 25.9 Å². The summed E-state index contributed by atoms with van der Waals surface area (Å²) in [6, 6.07) is 26.1. The van der Waals surface area contributed by atoms with E-state index in [0.717, 1.165) is 43.5 Å². The average molecular weight is 467 g/mol. The molecule has 1 unspecified atom stereocenters. The Bertz CT molecular complexity index is 1470. The molecule has 3 heterocycles. The van der Waals surface area contributed by atoms with Gasteiger partial charge in [0.1, 0.15) is 18.2 Å². The van der Waals surface area contributed by atoms with E-state index in [1.807, 2.05) is 79.7 Å². The highest BCUT2D eigenvalue weighted by Crippen LogP contribution is 2.41. The number of rotatable bonds is 5. The zero-order valence-corrected chi connectivity index (χ0v) is 19.4. The molecule has 7 heteroatoms. The van der Waals surface area contributed by atoms with Crippen LogP contribution in [0.5, 0.6) is 5.75 Å². The highest BCUT2D eigenvalue weighted by atomic mass is 32.1. The highest BCUT2D eigenvalue weighted by molar-refractivity contribution is 7.20. The van der Waals surface area contributed by atoms with Gasteiger partial charge in [-0.2, -0.15) is 9.78 Å². The van der Waals surface area contributed by atoms with Gasteiger partial charge in [-0.1, -0.05) is 65.9 Å². The molecule has 1 aliphatic rings. The number of anilines is 1. The van der Waals surface area contributed by atoms with Crippen LogP contribution in [0.2, 0.25) is 0 Å². The molecule has 6 rings (SSSR count). The summed E-state index contributed by atoms with van der Waals surface area (Å²) in [7, 11) is 0. The Labute approximate surface area is 200 Å². The fourth-order valence-corrected chi connectivity index (χ4v) is 5.41. The smallest absolute Gasteiger partial charge is 0.226 e. The van der Waals surface area contributed by atoms with Crippen LogP contribution in [-0.4, -0.2) is 20.7 Å². The second-order valence-electron chi connectivity index (χ2n) is 8.38. The summed E-state index contributed by atoms with van der Waals surface area (Å²) in [5.41, 5.74) is 4.98. The minimum absolute atomic E-state index is 0.0321. The van der Waals surface area contributed by atoms with Crippen LogP contribution in [0.25, 0.3) is 15.3 Å². The lowest BCUT2D eigenvalue weighted by Gasteiger charge is -2.24. The minimum Gasteiger partial charge on any atom is -0.489 e. The number of fused-ring (bicyclic) bond motifs is 2. The first-order valence-electron chi connectivity index (χ1n) is 11.2. The summed E-state index contributed by atoms with van der Waals surface area (Å²) in [6.07, 6.45) is 0.363. The number of benzene rings is 3. The maximum atomic E-state index is 12.8. The Kier molecular flexibility index (Phi) is 5.11. The van der Waals surface area contributed by atoms with Gasteiger partial charge >= 0.3 is 0 Å². The second kappa shape index (κ2) is 8.43. The highest BCUT2D eigenvalue weighted by Gasteiger charge is 2.33. The molecule has 5 aromatic rings. The zero-order chi connectivity index (χ0) is 23.1. The molecule has 0 radical (unpaired) electrons. The van der Waals surface area contributed by atoms with Crippen LogP contribution in [-0.2, 0) is 11.4 Å². The normalized spacial score (nSPS) is 15.2. The number of hydrogen-bond donors (Lipinski definition) is 1. The fourth-order valence-electron chi connectivity index (χ4n) is 4.48. The number of ether oxygens (including phenoxy) is 1. The Balaban J connectivity index is 1.36. The number of amides is 1. The van der Waals surface area contributed by atoms with Gasteiger partial charge in [-0.05, 0) is 42.3 Å². The third-order valence-electron chi connectivity index (χ3n) is 6.08. The van der Waals surface area contributed by atoms with E-state index in [9.17, 15) is 4.79 Å². The molecule has 0 saturated carbocycles. The number of carbonyl (C=O) groups excluding carboxylic acids is 1. The van der Waals surface area contributed by atoms with Crippen LogP contribution in [0.15, 0.2) is 78.9 Å². The van der Waals surface area contributed by atoms with Crippen molar-refractivity contribution in [3.63, 3.8) is 0 Å². The zero-order valence-electron chi connectivity index (χ0n) is 18.6. The van der Waals surface area contributed by atoms with Gasteiger partial charge in [-0.15, -0.1) is 0 Å². The van der Waals surface area contributed by atoms with Crippen molar-refractivity contribution in [1.82, 2.24) is 14.8 Å². The van der Waals surface area contributed by atoms with Gasteiger partial charge in [0.25, 0.3) is 0 Å². The minimum atomic E-state index is -0.104. The summed E-state index contributed by atoms with van der Waals surface area (Å²) >= 11 is 1.56. The fraction of sp³-hybridized carbons (Fsp3) is 0.148. The maximum absolute atomic E-state index is 12.8. The van der Waals surface area contributed by atoms with Crippen LogP contribution in [0.1, 0.15) is 34.7 Å². The van der Waals surface area contributed by atoms with E-state index >= 15 is 0 Å². The van der Waals surface area contributed by atoms with Gasteiger partial charge < -0.3 is 10.1 Å². The third kappa shape index (κ3) is 3.74. The largest absolute Gasteiger partial charge is 0.489 e. The molecule has 168 valence electrons. The van der Waals surface area contributed by atoms with Crippen molar-refractivity contribution >= 4 is 33.3 Å². The number of carbonyl (C=O) groups is 1. The Morgan fingerprint density at radius 2 is 1.88 bits per heavy atom. The molecule has 1 aliphatic heterocycles. The molecule has 2 aromatic heterocycles. The number of aryl methyl sites for hydroxylation is 1. The summed E-state index contributed by atoms with van der Waals surface area (Å²) in [4.78, 5) is 17.5. The summed E-state index contributed by atoms with van der Waals surface area (Å²) in [5.74, 6) is 1.35. The molecule has 0 saturated heterocycles. The summed E-state index contributed by atoms with van der Waals surface area (Å²) in [6.45, 7) is 2.48. The van der Waals surface area contributed by atoms with Crippen LogP contribution in [0.3, 0.4) is 0 Å². The van der Waals surface area contributed by atoms with Crippen molar-refractivity contribution in [3.8, 4) is 10.9 Å². The van der Waals surface area contributed by atoms with Gasteiger partial charge in [0.2, 0.25) is 11.0 Å². The summed E-state index contributed by atoms with van der Waals surface area (Å²) < 4.78 is 8.90. The van der Waals surface area contributed by atoms with Gasteiger partial charge in [0, 0.05) is 17.9 Å². The first kappa shape index (κ1) is 20.6. The van der Waals surface area contributed by atoms with E-state index in [1.54, 1.807) is 16.0 Å². The number of para-hydroxylation sites is 1. The SMILES string of the molecule is Cc1nn(-c2nc3ccccc3s2)c2c1C(c1cccc(OCc3ccccc3)c1)CC(=O)N2. The van der Waals surface area contributed by atoms with Gasteiger partial charge in [0.15, 0.2) is 0 Å². The second-order valence-corrected chi connectivity index (χ2v) is 9.38. The lowest BCUT2D eigenvalue weighted by Crippen LogP contribution is -2.25. The predicted octanol–water partition coefficient (Wildman–Crippen LogP) is 5.84. The quantitative estimate of drug-likeness (QED) is 0.353. The Morgan fingerprint density at radius 1 is 1.06 bits per heavy atom. The molecule has 6 nitrogen and oxygen atoms in total. The molecule has 0 bridgehead atoms. The first-order valence-corrected chi connectivity index (χ1v) is 12.0. The number of nitrogens with zero attached hydrogens (tertiary/aromatic N) is 3. The molecule has 1 amide bonds. The molecular formula is C27H22N4O2S. The Hall–Kier alpha value is -3.97. The van der Waals surface area contributed by atoms with Crippen LogP contribution in [0.4, 0.5) is 5.82 Å². The molecular weight excluding hydrogens is 444 g/mol. The number of thiazole rings is 1.